The second-order valence-corrected chi connectivity index (χ2v) is 7.13. The van der Waals surface area contributed by atoms with Crippen molar-refractivity contribution in [3.63, 3.8) is 0 Å². The first-order valence-electron chi connectivity index (χ1n) is 7.91. The summed E-state index contributed by atoms with van der Waals surface area (Å²) in [6.07, 6.45) is 5.33. The van der Waals surface area contributed by atoms with Crippen LogP contribution in [-0.2, 0) is 0 Å². The summed E-state index contributed by atoms with van der Waals surface area (Å²) < 4.78 is 0. The van der Waals surface area contributed by atoms with E-state index in [4.69, 9.17) is 0 Å². The molecule has 0 saturated carbocycles. The van der Waals surface area contributed by atoms with Crippen molar-refractivity contribution < 1.29 is 9.59 Å². The van der Waals surface area contributed by atoms with Crippen molar-refractivity contribution in [3.8, 4) is 0 Å². The molecular formula is C17H22N2O2S2. The van der Waals surface area contributed by atoms with Gasteiger partial charge in [0.1, 0.15) is 0 Å². The molecule has 0 aliphatic carbocycles. The monoisotopic (exact) mass is 350 g/mol. The van der Waals surface area contributed by atoms with Gasteiger partial charge in [-0.15, -0.1) is 22.7 Å². The Morgan fingerprint density at radius 3 is 1.57 bits per heavy atom. The van der Waals surface area contributed by atoms with Gasteiger partial charge in [0.15, 0.2) is 0 Å². The van der Waals surface area contributed by atoms with Crippen LogP contribution in [0.5, 0.6) is 0 Å². The summed E-state index contributed by atoms with van der Waals surface area (Å²) >= 11 is 2.93. The van der Waals surface area contributed by atoms with Gasteiger partial charge >= 0.3 is 0 Å². The van der Waals surface area contributed by atoms with E-state index >= 15 is 0 Å². The first-order chi connectivity index (χ1) is 11.3. The van der Waals surface area contributed by atoms with E-state index in [1.54, 1.807) is 0 Å². The fourth-order valence-corrected chi connectivity index (χ4v) is 3.45. The molecule has 2 heterocycles. The lowest BCUT2D eigenvalue weighted by molar-refractivity contribution is 0.0949. The molecule has 2 amide bonds. The third-order valence-corrected chi connectivity index (χ3v) is 5.15. The number of hydrogen-bond donors (Lipinski definition) is 2. The smallest absolute Gasteiger partial charge is 0.261 e. The highest BCUT2D eigenvalue weighted by molar-refractivity contribution is 7.12. The molecular weight excluding hydrogens is 328 g/mol. The van der Waals surface area contributed by atoms with E-state index in [-0.39, 0.29) is 11.8 Å². The Bertz CT molecular complexity index is 528. The second kappa shape index (κ2) is 10.2. The largest absolute Gasteiger partial charge is 0.351 e. The number of rotatable bonds is 10. The van der Waals surface area contributed by atoms with Crippen molar-refractivity contribution in [2.75, 3.05) is 13.1 Å². The van der Waals surface area contributed by atoms with Crippen LogP contribution in [0, 0.1) is 0 Å². The van der Waals surface area contributed by atoms with Crippen LogP contribution >= 0.6 is 22.7 Å². The van der Waals surface area contributed by atoms with Gasteiger partial charge in [0.2, 0.25) is 0 Å². The second-order valence-electron chi connectivity index (χ2n) is 5.23. The van der Waals surface area contributed by atoms with Crippen LogP contribution in [0.4, 0.5) is 0 Å². The van der Waals surface area contributed by atoms with E-state index in [2.05, 4.69) is 10.6 Å². The highest BCUT2D eigenvalue weighted by atomic mass is 32.1. The van der Waals surface area contributed by atoms with E-state index in [0.717, 1.165) is 54.9 Å². The number of thiophene rings is 2. The van der Waals surface area contributed by atoms with E-state index in [1.165, 1.54) is 22.7 Å². The number of carbonyl (C=O) groups is 2. The van der Waals surface area contributed by atoms with Crippen LogP contribution in [-0.4, -0.2) is 24.9 Å². The first-order valence-corrected chi connectivity index (χ1v) is 9.66. The fourth-order valence-electron chi connectivity index (χ4n) is 2.17. The number of unbranched alkanes of at least 4 members (excludes halogenated alkanes) is 4. The summed E-state index contributed by atoms with van der Waals surface area (Å²) in [5.74, 6) is 0.0487. The molecule has 0 atom stereocenters. The molecule has 2 rings (SSSR count). The Morgan fingerprint density at radius 1 is 0.739 bits per heavy atom. The molecule has 124 valence electrons. The van der Waals surface area contributed by atoms with Gasteiger partial charge in [-0.05, 0) is 35.7 Å². The zero-order chi connectivity index (χ0) is 16.3. The van der Waals surface area contributed by atoms with Crippen LogP contribution in [0.15, 0.2) is 35.0 Å². The molecule has 2 aromatic heterocycles. The maximum absolute atomic E-state index is 11.7. The number of nitrogens with one attached hydrogen (secondary N) is 2. The zero-order valence-electron chi connectivity index (χ0n) is 13.0. The zero-order valence-corrected chi connectivity index (χ0v) is 14.7. The van der Waals surface area contributed by atoms with Crippen LogP contribution in [0.25, 0.3) is 0 Å². The summed E-state index contributed by atoms with van der Waals surface area (Å²) in [6, 6.07) is 7.45. The molecule has 0 spiro atoms. The predicted octanol–water partition coefficient (Wildman–Crippen LogP) is 3.92. The van der Waals surface area contributed by atoms with Gasteiger partial charge in [0, 0.05) is 13.1 Å². The van der Waals surface area contributed by atoms with Crippen LogP contribution in [0.1, 0.15) is 51.4 Å². The topological polar surface area (TPSA) is 58.2 Å². The Morgan fingerprint density at radius 2 is 1.17 bits per heavy atom. The summed E-state index contributed by atoms with van der Waals surface area (Å²) in [5, 5.41) is 9.68. The maximum atomic E-state index is 11.7. The van der Waals surface area contributed by atoms with Gasteiger partial charge in [0.25, 0.3) is 11.8 Å². The van der Waals surface area contributed by atoms with Crippen LogP contribution in [0.2, 0.25) is 0 Å². The summed E-state index contributed by atoms with van der Waals surface area (Å²) in [7, 11) is 0. The third kappa shape index (κ3) is 6.54. The van der Waals surface area contributed by atoms with Crippen molar-refractivity contribution in [1.29, 1.82) is 0 Å². The Labute approximate surface area is 144 Å². The SMILES string of the molecule is O=C(NCCCCCCCNC(=O)c1cccs1)c1cccs1. The van der Waals surface area contributed by atoms with E-state index in [0.29, 0.717) is 0 Å². The average molecular weight is 351 g/mol. The lowest BCUT2D eigenvalue weighted by atomic mass is 10.1. The Hall–Kier alpha value is -1.66. The van der Waals surface area contributed by atoms with Gasteiger partial charge in [-0.1, -0.05) is 31.4 Å². The molecule has 6 heteroatoms. The average Bonchev–Trinajstić information content (AvgIpc) is 3.25. The maximum Gasteiger partial charge on any atom is 0.261 e. The number of carbonyl (C=O) groups excluding carboxylic acids is 2. The minimum Gasteiger partial charge on any atom is -0.351 e. The van der Waals surface area contributed by atoms with E-state index < -0.39 is 0 Å². The Balaban J connectivity index is 1.41. The van der Waals surface area contributed by atoms with Gasteiger partial charge in [-0.3, -0.25) is 9.59 Å². The Kier molecular flexibility index (Phi) is 7.83. The van der Waals surface area contributed by atoms with Crippen molar-refractivity contribution >= 4 is 34.5 Å². The van der Waals surface area contributed by atoms with Gasteiger partial charge in [-0.25, -0.2) is 0 Å². The van der Waals surface area contributed by atoms with Crippen molar-refractivity contribution in [2.45, 2.75) is 32.1 Å². The van der Waals surface area contributed by atoms with Crippen LogP contribution < -0.4 is 10.6 Å². The normalized spacial score (nSPS) is 10.4. The lowest BCUT2D eigenvalue weighted by Gasteiger charge is -2.05. The molecule has 2 N–H and O–H groups in total. The summed E-state index contributed by atoms with van der Waals surface area (Å²) in [6.45, 7) is 1.46. The molecule has 23 heavy (non-hydrogen) atoms. The molecule has 4 nitrogen and oxygen atoms in total. The number of hydrogen-bond acceptors (Lipinski definition) is 4. The summed E-state index contributed by atoms with van der Waals surface area (Å²) in [4.78, 5) is 24.9. The van der Waals surface area contributed by atoms with E-state index in [9.17, 15) is 9.59 Å². The van der Waals surface area contributed by atoms with Gasteiger partial charge in [0.05, 0.1) is 9.75 Å². The fraction of sp³-hybridized carbons (Fsp3) is 0.412. The molecule has 0 bridgehead atoms. The quantitative estimate of drug-likeness (QED) is 0.638. The third-order valence-electron chi connectivity index (χ3n) is 3.41. The highest BCUT2D eigenvalue weighted by Gasteiger charge is 2.05. The molecule has 0 unspecified atom stereocenters. The molecule has 0 saturated heterocycles. The standard InChI is InChI=1S/C17H22N2O2S2/c20-16(14-8-6-12-22-14)18-10-4-2-1-3-5-11-19-17(21)15-9-7-13-23-15/h6-9,12-13H,1-5,10-11H2,(H,18,20)(H,19,21). The van der Waals surface area contributed by atoms with Gasteiger partial charge < -0.3 is 10.6 Å². The minimum absolute atomic E-state index is 0.0243. The van der Waals surface area contributed by atoms with E-state index in [1.807, 2.05) is 35.0 Å². The van der Waals surface area contributed by atoms with Crippen LogP contribution in [0.3, 0.4) is 0 Å². The minimum atomic E-state index is 0.0243. The van der Waals surface area contributed by atoms with Crippen molar-refractivity contribution in [2.24, 2.45) is 0 Å². The summed E-state index contributed by atoms with van der Waals surface area (Å²) in [5.41, 5.74) is 0. The first kappa shape index (κ1) is 17.7. The van der Waals surface area contributed by atoms with Crippen molar-refractivity contribution in [1.82, 2.24) is 10.6 Å². The molecule has 0 aliphatic heterocycles. The molecule has 0 fully saturated rings. The molecule has 2 aromatic rings. The van der Waals surface area contributed by atoms with Crippen molar-refractivity contribution in [3.05, 3.63) is 44.8 Å². The molecule has 0 aliphatic rings. The highest BCUT2D eigenvalue weighted by Crippen LogP contribution is 2.09. The molecule has 0 radical (unpaired) electrons. The predicted molar refractivity (Wildman–Crippen MR) is 96.4 cm³/mol. The van der Waals surface area contributed by atoms with Gasteiger partial charge in [-0.2, -0.15) is 0 Å². The number of amides is 2. The lowest BCUT2D eigenvalue weighted by Crippen LogP contribution is -2.23. The molecule has 0 aromatic carbocycles.